The number of nitrogens with one attached hydrogen (secondary N) is 2. The van der Waals surface area contributed by atoms with Crippen molar-refractivity contribution in [2.45, 2.75) is 19.4 Å². The minimum Gasteiger partial charge on any atom is -0.477 e. The number of allylic oxidation sites excluding steroid dienone is 1. The van der Waals surface area contributed by atoms with Crippen molar-refractivity contribution in [2.24, 2.45) is 0 Å². The summed E-state index contributed by atoms with van der Waals surface area (Å²) in [5, 5.41) is 19.6. The maximum Gasteiger partial charge on any atom is 0.352 e. The molecule has 0 fully saturated rings. The topological polar surface area (TPSA) is 96.3 Å². The Morgan fingerprint density at radius 3 is 2.67 bits per heavy atom. The van der Waals surface area contributed by atoms with E-state index in [4.69, 9.17) is 0 Å². The molecule has 0 spiro atoms. The van der Waals surface area contributed by atoms with Gasteiger partial charge in [0.15, 0.2) is 0 Å². The summed E-state index contributed by atoms with van der Waals surface area (Å²) >= 11 is 3.44. The largest absolute Gasteiger partial charge is 0.477 e. The second-order valence-electron chi connectivity index (χ2n) is 6.87. The standard InChI is InChI=1S/C22H19BrN4O3/c1-2-13-6-8-16(9-7-13)25-21(28)17-12-24-27-19(14-4-3-5-15(23)10-14)11-18(22(29)30)26-20(17)27/h3-12,19,26H,2H2,1H3,(H,25,28)(H,29,30)/t19-/m1/s1. The molecular formula is C22H19BrN4O3. The highest BCUT2D eigenvalue weighted by Gasteiger charge is 2.29. The van der Waals surface area contributed by atoms with Crippen molar-refractivity contribution in [2.75, 3.05) is 10.6 Å². The van der Waals surface area contributed by atoms with Crippen molar-refractivity contribution >= 4 is 39.3 Å². The highest BCUT2D eigenvalue weighted by atomic mass is 79.9. The van der Waals surface area contributed by atoms with Crippen LogP contribution in [0.25, 0.3) is 0 Å². The molecular weight excluding hydrogens is 448 g/mol. The Kier molecular flexibility index (Phi) is 5.41. The highest BCUT2D eigenvalue weighted by Crippen LogP contribution is 2.33. The number of aryl methyl sites for hydroxylation is 1. The second kappa shape index (κ2) is 8.16. The number of nitrogens with zero attached hydrogens (tertiary/aromatic N) is 2. The van der Waals surface area contributed by atoms with E-state index in [2.05, 4.69) is 38.6 Å². The average molecular weight is 467 g/mol. The summed E-state index contributed by atoms with van der Waals surface area (Å²) in [6, 6.07) is 14.7. The summed E-state index contributed by atoms with van der Waals surface area (Å²) in [7, 11) is 0. The number of carbonyl (C=O) groups excluding carboxylic acids is 1. The smallest absolute Gasteiger partial charge is 0.352 e. The Balaban J connectivity index is 1.69. The fraction of sp³-hybridized carbons (Fsp3) is 0.136. The molecule has 7 nitrogen and oxygen atoms in total. The monoisotopic (exact) mass is 466 g/mol. The number of aromatic nitrogens is 2. The SMILES string of the molecule is CCc1ccc(NC(=O)c2cnn3c2NC(C(=O)O)=C[C@@H]3c2cccc(Br)c2)cc1. The molecule has 1 amide bonds. The maximum atomic E-state index is 12.9. The molecule has 0 aliphatic carbocycles. The first kappa shape index (κ1) is 19.9. The molecule has 3 aromatic rings. The predicted octanol–water partition coefficient (Wildman–Crippen LogP) is 4.44. The molecule has 8 heteroatoms. The predicted molar refractivity (Wildman–Crippen MR) is 118 cm³/mol. The number of aliphatic carboxylic acids is 1. The van der Waals surface area contributed by atoms with Gasteiger partial charge in [0.1, 0.15) is 17.1 Å². The fourth-order valence-corrected chi connectivity index (χ4v) is 3.75. The van der Waals surface area contributed by atoms with Crippen LogP contribution in [0, 0.1) is 0 Å². The first-order chi connectivity index (χ1) is 14.5. The number of hydrogen-bond donors (Lipinski definition) is 3. The molecule has 0 saturated heterocycles. The third-order valence-corrected chi connectivity index (χ3v) is 5.42. The summed E-state index contributed by atoms with van der Waals surface area (Å²) in [5.74, 6) is -1.14. The Labute approximate surface area is 181 Å². The van der Waals surface area contributed by atoms with Gasteiger partial charge in [-0.1, -0.05) is 47.1 Å². The number of carbonyl (C=O) groups is 2. The van der Waals surface area contributed by atoms with Gasteiger partial charge in [-0.25, -0.2) is 9.48 Å². The lowest BCUT2D eigenvalue weighted by Crippen LogP contribution is -2.25. The molecule has 30 heavy (non-hydrogen) atoms. The number of carboxylic acids is 1. The number of carboxylic acid groups (broad SMARTS) is 1. The highest BCUT2D eigenvalue weighted by molar-refractivity contribution is 9.10. The molecule has 4 rings (SSSR count). The van der Waals surface area contributed by atoms with E-state index in [-0.39, 0.29) is 17.2 Å². The Morgan fingerprint density at radius 2 is 2.00 bits per heavy atom. The zero-order chi connectivity index (χ0) is 21.3. The number of benzene rings is 2. The van der Waals surface area contributed by atoms with Crippen LogP contribution in [0.15, 0.2) is 71.0 Å². The minimum atomic E-state index is -1.11. The summed E-state index contributed by atoms with van der Waals surface area (Å²) in [4.78, 5) is 24.6. The molecule has 0 bridgehead atoms. The molecule has 1 aliphatic rings. The van der Waals surface area contributed by atoms with E-state index in [0.29, 0.717) is 11.5 Å². The van der Waals surface area contributed by atoms with Crippen molar-refractivity contribution in [1.29, 1.82) is 0 Å². The van der Waals surface area contributed by atoms with Crippen LogP contribution < -0.4 is 10.6 Å². The molecule has 0 unspecified atom stereocenters. The van der Waals surface area contributed by atoms with Crippen LogP contribution in [-0.4, -0.2) is 26.8 Å². The molecule has 3 N–H and O–H groups in total. The van der Waals surface area contributed by atoms with E-state index in [0.717, 1.165) is 16.5 Å². The molecule has 0 saturated carbocycles. The van der Waals surface area contributed by atoms with Crippen LogP contribution in [-0.2, 0) is 11.2 Å². The van der Waals surface area contributed by atoms with Gasteiger partial charge in [0.25, 0.3) is 5.91 Å². The number of rotatable bonds is 5. The van der Waals surface area contributed by atoms with E-state index in [1.807, 2.05) is 48.5 Å². The van der Waals surface area contributed by atoms with Crippen LogP contribution in [0.1, 0.15) is 34.5 Å². The van der Waals surface area contributed by atoms with Crippen LogP contribution in [0.2, 0.25) is 0 Å². The lowest BCUT2D eigenvalue weighted by molar-refractivity contribution is -0.132. The van der Waals surface area contributed by atoms with E-state index in [1.165, 1.54) is 11.8 Å². The average Bonchev–Trinajstić information content (AvgIpc) is 3.17. The van der Waals surface area contributed by atoms with Crippen LogP contribution in [0.5, 0.6) is 0 Å². The van der Waals surface area contributed by atoms with Crippen molar-refractivity contribution in [1.82, 2.24) is 9.78 Å². The molecule has 1 aromatic heterocycles. The zero-order valence-corrected chi connectivity index (χ0v) is 17.7. The first-order valence-corrected chi connectivity index (χ1v) is 10.2. The number of amides is 1. The van der Waals surface area contributed by atoms with E-state index in [9.17, 15) is 14.7 Å². The van der Waals surface area contributed by atoms with Gasteiger partial charge in [-0.05, 0) is 47.9 Å². The molecule has 152 valence electrons. The second-order valence-corrected chi connectivity index (χ2v) is 7.78. The Hall–Kier alpha value is -3.39. The van der Waals surface area contributed by atoms with Gasteiger partial charge in [0.2, 0.25) is 0 Å². The third-order valence-electron chi connectivity index (χ3n) is 4.92. The van der Waals surface area contributed by atoms with Gasteiger partial charge in [-0.2, -0.15) is 5.10 Å². The number of fused-ring (bicyclic) bond motifs is 1. The van der Waals surface area contributed by atoms with Crippen LogP contribution in [0.3, 0.4) is 0 Å². The van der Waals surface area contributed by atoms with Gasteiger partial charge in [-0.3, -0.25) is 4.79 Å². The normalized spacial score (nSPS) is 15.0. The summed E-state index contributed by atoms with van der Waals surface area (Å²) in [5.41, 5.74) is 2.93. The van der Waals surface area contributed by atoms with Crippen molar-refractivity contribution in [3.63, 3.8) is 0 Å². The van der Waals surface area contributed by atoms with Gasteiger partial charge >= 0.3 is 5.97 Å². The summed E-state index contributed by atoms with van der Waals surface area (Å²) < 4.78 is 2.48. The quantitative estimate of drug-likeness (QED) is 0.516. The van der Waals surface area contributed by atoms with Crippen molar-refractivity contribution in [3.8, 4) is 0 Å². The number of halogens is 1. The number of hydrogen-bond acceptors (Lipinski definition) is 4. The van der Waals surface area contributed by atoms with Gasteiger partial charge in [0.05, 0.1) is 12.2 Å². The zero-order valence-electron chi connectivity index (χ0n) is 16.1. The summed E-state index contributed by atoms with van der Waals surface area (Å²) in [6.07, 6.45) is 3.94. The van der Waals surface area contributed by atoms with Gasteiger partial charge < -0.3 is 15.7 Å². The van der Waals surface area contributed by atoms with E-state index >= 15 is 0 Å². The third kappa shape index (κ3) is 3.86. The van der Waals surface area contributed by atoms with Crippen LogP contribution in [0.4, 0.5) is 11.5 Å². The Morgan fingerprint density at radius 1 is 1.23 bits per heavy atom. The lowest BCUT2D eigenvalue weighted by atomic mass is 10.0. The molecule has 2 aromatic carbocycles. The maximum absolute atomic E-state index is 12.9. The summed E-state index contributed by atoms with van der Waals surface area (Å²) in [6.45, 7) is 2.06. The molecule has 0 radical (unpaired) electrons. The van der Waals surface area contributed by atoms with Crippen molar-refractivity contribution < 1.29 is 14.7 Å². The lowest BCUT2D eigenvalue weighted by Gasteiger charge is -2.24. The van der Waals surface area contributed by atoms with Gasteiger partial charge in [0, 0.05) is 10.2 Å². The molecule has 1 atom stereocenters. The number of anilines is 2. The van der Waals surface area contributed by atoms with E-state index in [1.54, 1.807) is 10.8 Å². The Bertz CT molecular complexity index is 1150. The van der Waals surface area contributed by atoms with E-state index < -0.39 is 12.0 Å². The first-order valence-electron chi connectivity index (χ1n) is 9.41. The van der Waals surface area contributed by atoms with Crippen LogP contribution >= 0.6 is 15.9 Å². The van der Waals surface area contributed by atoms with Gasteiger partial charge in [-0.15, -0.1) is 0 Å². The van der Waals surface area contributed by atoms with Crippen molar-refractivity contribution in [3.05, 3.63) is 87.7 Å². The fourth-order valence-electron chi connectivity index (χ4n) is 3.34. The molecule has 2 heterocycles. The molecule has 1 aliphatic heterocycles. The minimum absolute atomic E-state index is 0.00526.